The minimum Gasteiger partial charge on any atom is -0.481 e. The van der Waals surface area contributed by atoms with Gasteiger partial charge in [-0.05, 0) is 19.5 Å². The smallest absolute Gasteiger partial charge is 0.310 e. The van der Waals surface area contributed by atoms with Crippen LogP contribution in [0.25, 0.3) is 0 Å². The summed E-state index contributed by atoms with van der Waals surface area (Å²) in [6, 6.07) is 0.0686. The molecule has 1 fully saturated rings. The first kappa shape index (κ1) is 12.5. The lowest BCUT2D eigenvalue weighted by Gasteiger charge is -2.28. The Labute approximate surface area is 91.2 Å². The minimum atomic E-state index is -0.729. The normalized spacial score (nSPS) is 26.1. The molecule has 1 aliphatic heterocycles. The Bertz CT molecular complexity index is 208. The first-order valence-electron chi connectivity index (χ1n) is 5.75. The summed E-state index contributed by atoms with van der Waals surface area (Å²) in [4.78, 5) is 13.2. The van der Waals surface area contributed by atoms with Gasteiger partial charge in [0.25, 0.3) is 0 Å². The van der Waals surface area contributed by atoms with Crippen molar-refractivity contribution in [1.82, 2.24) is 4.90 Å². The second kappa shape index (κ2) is 6.08. The van der Waals surface area contributed by atoms with Crippen molar-refractivity contribution in [2.24, 2.45) is 5.92 Å². The second-order valence-corrected chi connectivity index (χ2v) is 4.03. The zero-order chi connectivity index (χ0) is 11.3. The third-order valence-corrected chi connectivity index (χ3v) is 3.04. The molecule has 1 rings (SSSR count). The third kappa shape index (κ3) is 3.18. The molecule has 0 saturated carbocycles. The molecule has 0 aromatic heterocycles. The van der Waals surface area contributed by atoms with E-state index in [2.05, 4.69) is 18.7 Å². The van der Waals surface area contributed by atoms with Gasteiger partial charge in [0.2, 0.25) is 0 Å². The van der Waals surface area contributed by atoms with E-state index in [1.807, 2.05) is 0 Å². The predicted octanol–water partition coefficient (Wildman–Crippen LogP) is 1.21. The molecule has 1 heterocycles. The molecule has 0 amide bonds. The van der Waals surface area contributed by atoms with Gasteiger partial charge < -0.3 is 9.84 Å². The number of carbonyl (C=O) groups is 1. The van der Waals surface area contributed by atoms with E-state index < -0.39 is 5.97 Å². The van der Waals surface area contributed by atoms with Crippen molar-refractivity contribution in [1.29, 1.82) is 0 Å². The lowest BCUT2D eigenvalue weighted by atomic mass is 10.0. The Kier molecular flexibility index (Phi) is 5.05. The van der Waals surface area contributed by atoms with E-state index in [1.54, 1.807) is 0 Å². The van der Waals surface area contributed by atoms with E-state index in [4.69, 9.17) is 9.84 Å². The molecule has 0 aliphatic carbocycles. The lowest BCUT2D eigenvalue weighted by Crippen LogP contribution is -2.43. The number of unbranched alkanes of at least 4 members (excludes halogenated alkanes) is 1. The summed E-state index contributed by atoms with van der Waals surface area (Å²) in [5.74, 6) is -1.07. The minimum absolute atomic E-state index is 0.0686. The molecule has 88 valence electrons. The van der Waals surface area contributed by atoms with Crippen molar-refractivity contribution in [3.63, 3.8) is 0 Å². The van der Waals surface area contributed by atoms with Crippen molar-refractivity contribution >= 4 is 5.97 Å². The number of aliphatic carboxylic acids is 1. The van der Waals surface area contributed by atoms with E-state index >= 15 is 0 Å². The van der Waals surface area contributed by atoms with Crippen LogP contribution in [0.4, 0.5) is 0 Å². The number of carboxylic acids is 1. The SMILES string of the molecule is CCCCN(CC)C1COCC1C(=O)O. The summed E-state index contributed by atoms with van der Waals surface area (Å²) in [6.45, 7) is 7.03. The zero-order valence-corrected chi connectivity index (χ0v) is 9.61. The summed E-state index contributed by atoms with van der Waals surface area (Å²) in [5, 5.41) is 9.05. The summed E-state index contributed by atoms with van der Waals surface area (Å²) >= 11 is 0. The number of rotatable bonds is 6. The van der Waals surface area contributed by atoms with Crippen molar-refractivity contribution in [3.8, 4) is 0 Å². The largest absolute Gasteiger partial charge is 0.481 e. The average Bonchev–Trinajstić information content (AvgIpc) is 2.68. The van der Waals surface area contributed by atoms with Gasteiger partial charge in [0.15, 0.2) is 0 Å². The fourth-order valence-corrected chi connectivity index (χ4v) is 2.06. The van der Waals surface area contributed by atoms with E-state index in [1.165, 1.54) is 0 Å². The van der Waals surface area contributed by atoms with Crippen LogP contribution in [-0.4, -0.2) is 48.3 Å². The highest BCUT2D eigenvalue weighted by atomic mass is 16.5. The van der Waals surface area contributed by atoms with Crippen molar-refractivity contribution < 1.29 is 14.6 Å². The Hall–Kier alpha value is -0.610. The number of hydrogen-bond donors (Lipinski definition) is 1. The monoisotopic (exact) mass is 215 g/mol. The fraction of sp³-hybridized carbons (Fsp3) is 0.909. The molecule has 1 N–H and O–H groups in total. The Balaban J connectivity index is 2.53. The molecule has 2 unspecified atom stereocenters. The molecule has 0 aromatic rings. The van der Waals surface area contributed by atoms with Crippen LogP contribution in [0.1, 0.15) is 26.7 Å². The molecule has 0 aromatic carbocycles. The molecular weight excluding hydrogens is 194 g/mol. The molecular formula is C11H21NO3. The van der Waals surface area contributed by atoms with Gasteiger partial charge in [-0.3, -0.25) is 9.69 Å². The maximum atomic E-state index is 11.0. The molecule has 0 bridgehead atoms. The summed E-state index contributed by atoms with van der Waals surface area (Å²) in [7, 11) is 0. The number of hydrogen-bond acceptors (Lipinski definition) is 3. The number of ether oxygens (including phenoxy) is 1. The zero-order valence-electron chi connectivity index (χ0n) is 9.61. The first-order chi connectivity index (χ1) is 7.20. The van der Waals surface area contributed by atoms with Gasteiger partial charge in [0.05, 0.1) is 19.1 Å². The summed E-state index contributed by atoms with van der Waals surface area (Å²) in [6.07, 6.45) is 2.26. The highest BCUT2D eigenvalue weighted by molar-refractivity contribution is 5.71. The van der Waals surface area contributed by atoms with Gasteiger partial charge in [-0.1, -0.05) is 20.3 Å². The van der Waals surface area contributed by atoms with Crippen LogP contribution < -0.4 is 0 Å². The topological polar surface area (TPSA) is 49.8 Å². The number of nitrogens with zero attached hydrogens (tertiary/aromatic N) is 1. The molecule has 4 nitrogen and oxygen atoms in total. The van der Waals surface area contributed by atoms with E-state index in [0.29, 0.717) is 13.2 Å². The quantitative estimate of drug-likeness (QED) is 0.723. The first-order valence-corrected chi connectivity index (χ1v) is 5.75. The van der Waals surface area contributed by atoms with Crippen LogP contribution in [0.5, 0.6) is 0 Å². The second-order valence-electron chi connectivity index (χ2n) is 4.03. The molecule has 1 saturated heterocycles. The predicted molar refractivity (Wildman–Crippen MR) is 57.9 cm³/mol. The van der Waals surface area contributed by atoms with Crippen LogP contribution >= 0.6 is 0 Å². The van der Waals surface area contributed by atoms with Gasteiger partial charge in [-0.2, -0.15) is 0 Å². The molecule has 0 spiro atoms. The molecule has 15 heavy (non-hydrogen) atoms. The van der Waals surface area contributed by atoms with Gasteiger partial charge >= 0.3 is 5.97 Å². The highest BCUT2D eigenvalue weighted by Gasteiger charge is 2.37. The number of likely N-dealkylation sites (N-methyl/N-ethyl adjacent to an activating group) is 1. The highest BCUT2D eigenvalue weighted by Crippen LogP contribution is 2.20. The average molecular weight is 215 g/mol. The Morgan fingerprint density at radius 3 is 2.73 bits per heavy atom. The Morgan fingerprint density at radius 1 is 1.47 bits per heavy atom. The third-order valence-electron chi connectivity index (χ3n) is 3.04. The molecule has 1 aliphatic rings. The molecule has 4 heteroatoms. The van der Waals surface area contributed by atoms with Gasteiger partial charge in [0, 0.05) is 6.04 Å². The maximum absolute atomic E-state index is 11.0. The van der Waals surface area contributed by atoms with E-state index in [0.717, 1.165) is 25.9 Å². The maximum Gasteiger partial charge on any atom is 0.310 e. The van der Waals surface area contributed by atoms with Gasteiger partial charge in [0.1, 0.15) is 0 Å². The van der Waals surface area contributed by atoms with E-state index in [-0.39, 0.29) is 12.0 Å². The summed E-state index contributed by atoms with van der Waals surface area (Å²) < 4.78 is 5.27. The molecule has 0 radical (unpaired) electrons. The summed E-state index contributed by atoms with van der Waals surface area (Å²) in [5.41, 5.74) is 0. The van der Waals surface area contributed by atoms with Crippen molar-refractivity contribution in [2.45, 2.75) is 32.7 Å². The van der Waals surface area contributed by atoms with Crippen molar-refractivity contribution in [3.05, 3.63) is 0 Å². The standard InChI is InChI=1S/C11H21NO3/c1-3-5-6-12(4-2)10-8-15-7-9(10)11(13)14/h9-10H,3-8H2,1-2H3,(H,13,14). The molecule has 2 atom stereocenters. The Morgan fingerprint density at radius 2 is 2.20 bits per heavy atom. The van der Waals surface area contributed by atoms with Crippen LogP contribution in [0.2, 0.25) is 0 Å². The van der Waals surface area contributed by atoms with Crippen LogP contribution in [0.15, 0.2) is 0 Å². The van der Waals surface area contributed by atoms with Crippen LogP contribution in [-0.2, 0) is 9.53 Å². The van der Waals surface area contributed by atoms with E-state index in [9.17, 15) is 4.79 Å². The van der Waals surface area contributed by atoms with Crippen LogP contribution in [0, 0.1) is 5.92 Å². The fourth-order valence-electron chi connectivity index (χ4n) is 2.06. The van der Waals surface area contributed by atoms with Gasteiger partial charge in [-0.15, -0.1) is 0 Å². The lowest BCUT2D eigenvalue weighted by molar-refractivity contribution is -0.143. The number of carboxylic acid groups (broad SMARTS) is 1. The van der Waals surface area contributed by atoms with Gasteiger partial charge in [-0.25, -0.2) is 0 Å². The van der Waals surface area contributed by atoms with Crippen LogP contribution in [0.3, 0.4) is 0 Å². The van der Waals surface area contributed by atoms with Crippen molar-refractivity contribution in [2.75, 3.05) is 26.3 Å².